The summed E-state index contributed by atoms with van der Waals surface area (Å²) in [7, 11) is 0. The van der Waals surface area contributed by atoms with Crippen molar-refractivity contribution < 1.29 is 19.8 Å². The third-order valence-corrected chi connectivity index (χ3v) is 1.53. The summed E-state index contributed by atoms with van der Waals surface area (Å²) in [6, 6.07) is 3.67. The number of carbonyl (C=O) groups is 1. The van der Waals surface area contributed by atoms with E-state index >= 15 is 0 Å². The second kappa shape index (κ2) is 4.48. The number of hydroxylamine groups is 1. The molecule has 0 heterocycles. The Morgan fingerprint density at radius 2 is 2.21 bits per heavy atom. The zero-order valence-corrected chi connectivity index (χ0v) is 7.65. The quantitative estimate of drug-likeness (QED) is 0.494. The maximum absolute atomic E-state index is 11.3. The fourth-order valence-corrected chi connectivity index (χ4v) is 0.899. The third-order valence-electron chi connectivity index (χ3n) is 1.53. The van der Waals surface area contributed by atoms with E-state index in [1.165, 1.54) is 12.1 Å². The number of amides is 1. The average Bonchev–Trinajstić information content (AvgIpc) is 2.18. The highest BCUT2D eigenvalue weighted by Crippen LogP contribution is 2.21. The minimum atomic E-state index is -0.597. The highest BCUT2D eigenvalue weighted by atomic mass is 16.6. The molecule has 3 N–H and O–H groups in total. The van der Waals surface area contributed by atoms with E-state index in [1.807, 2.05) is 0 Å². The van der Waals surface area contributed by atoms with Crippen LogP contribution in [0.2, 0.25) is 0 Å². The summed E-state index contributed by atoms with van der Waals surface area (Å²) < 4.78 is 0. The van der Waals surface area contributed by atoms with Gasteiger partial charge in [-0.15, -0.1) is 0 Å². The summed E-state index contributed by atoms with van der Waals surface area (Å²) in [5.41, 5.74) is 2.08. The van der Waals surface area contributed by atoms with Crippen molar-refractivity contribution in [2.75, 3.05) is 6.61 Å². The van der Waals surface area contributed by atoms with Gasteiger partial charge in [0.1, 0.15) is 11.5 Å². The van der Waals surface area contributed by atoms with Crippen LogP contribution in [0.15, 0.2) is 18.2 Å². The van der Waals surface area contributed by atoms with Crippen LogP contribution in [-0.2, 0) is 4.84 Å². The van der Waals surface area contributed by atoms with Gasteiger partial charge in [0, 0.05) is 0 Å². The van der Waals surface area contributed by atoms with Crippen molar-refractivity contribution in [1.29, 1.82) is 0 Å². The molecule has 0 aliphatic rings. The van der Waals surface area contributed by atoms with Crippen molar-refractivity contribution in [1.82, 2.24) is 5.48 Å². The Hall–Kier alpha value is -1.75. The summed E-state index contributed by atoms with van der Waals surface area (Å²) >= 11 is 0. The summed E-state index contributed by atoms with van der Waals surface area (Å²) in [5, 5.41) is 18.4. The summed E-state index contributed by atoms with van der Waals surface area (Å²) in [6.45, 7) is 2.04. The lowest BCUT2D eigenvalue weighted by molar-refractivity contribution is 0.0362. The lowest BCUT2D eigenvalue weighted by atomic mass is 10.2. The Labute approximate surface area is 80.9 Å². The molecule has 0 aliphatic carbocycles. The average molecular weight is 197 g/mol. The van der Waals surface area contributed by atoms with Gasteiger partial charge in [0.05, 0.1) is 12.2 Å². The summed E-state index contributed by atoms with van der Waals surface area (Å²) in [6.07, 6.45) is 0. The van der Waals surface area contributed by atoms with Crippen LogP contribution in [0, 0.1) is 0 Å². The number of rotatable bonds is 3. The van der Waals surface area contributed by atoms with Gasteiger partial charge in [-0.1, -0.05) is 0 Å². The van der Waals surface area contributed by atoms with Crippen molar-refractivity contribution in [2.24, 2.45) is 0 Å². The Bertz CT molecular complexity index is 338. The first-order valence-corrected chi connectivity index (χ1v) is 4.09. The molecule has 0 fully saturated rings. The smallest absolute Gasteiger partial charge is 0.278 e. The Morgan fingerprint density at radius 3 is 2.86 bits per heavy atom. The minimum Gasteiger partial charge on any atom is -0.508 e. The molecular weight excluding hydrogens is 186 g/mol. The van der Waals surface area contributed by atoms with E-state index in [2.05, 4.69) is 10.3 Å². The molecule has 1 aromatic carbocycles. The van der Waals surface area contributed by atoms with Crippen molar-refractivity contribution in [3.8, 4) is 11.5 Å². The predicted molar refractivity (Wildman–Crippen MR) is 48.9 cm³/mol. The van der Waals surface area contributed by atoms with Gasteiger partial charge < -0.3 is 10.2 Å². The van der Waals surface area contributed by atoms with Crippen LogP contribution in [0.4, 0.5) is 0 Å². The molecule has 14 heavy (non-hydrogen) atoms. The fraction of sp³-hybridized carbons (Fsp3) is 0.222. The third kappa shape index (κ3) is 2.37. The van der Waals surface area contributed by atoms with Gasteiger partial charge in [-0.3, -0.25) is 9.63 Å². The summed E-state index contributed by atoms with van der Waals surface area (Å²) in [4.78, 5) is 15.9. The molecule has 0 radical (unpaired) electrons. The van der Waals surface area contributed by atoms with Crippen LogP contribution in [-0.4, -0.2) is 22.7 Å². The zero-order valence-electron chi connectivity index (χ0n) is 7.65. The molecule has 0 saturated heterocycles. The minimum absolute atomic E-state index is 0.0292. The highest BCUT2D eigenvalue weighted by Gasteiger charge is 2.11. The first kappa shape index (κ1) is 10.3. The molecular formula is C9H11NO4. The van der Waals surface area contributed by atoms with Crippen molar-refractivity contribution in [3.05, 3.63) is 23.8 Å². The van der Waals surface area contributed by atoms with Crippen LogP contribution in [0.5, 0.6) is 11.5 Å². The second-order valence-electron chi connectivity index (χ2n) is 2.57. The largest absolute Gasteiger partial charge is 0.508 e. The van der Waals surface area contributed by atoms with E-state index < -0.39 is 5.91 Å². The molecule has 1 amide bonds. The van der Waals surface area contributed by atoms with Crippen LogP contribution in [0.25, 0.3) is 0 Å². The monoisotopic (exact) mass is 197 g/mol. The Balaban J connectivity index is 2.83. The number of benzene rings is 1. The molecule has 5 heteroatoms. The van der Waals surface area contributed by atoms with Crippen LogP contribution < -0.4 is 5.48 Å². The second-order valence-corrected chi connectivity index (χ2v) is 2.57. The van der Waals surface area contributed by atoms with Crippen LogP contribution in [0.3, 0.4) is 0 Å². The summed E-state index contributed by atoms with van der Waals surface area (Å²) in [5.74, 6) is -0.898. The molecule has 5 nitrogen and oxygen atoms in total. The zero-order chi connectivity index (χ0) is 10.6. The van der Waals surface area contributed by atoms with Gasteiger partial charge in [-0.2, -0.15) is 0 Å². The molecule has 0 saturated carbocycles. The molecule has 0 unspecified atom stereocenters. The lowest BCUT2D eigenvalue weighted by Gasteiger charge is -2.05. The van der Waals surface area contributed by atoms with E-state index in [4.69, 9.17) is 5.11 Å². The van der Waals surface area contributed by atoms with Gasteiger partial charge >= 0.3 is 0 Å². The van der Waals surface area contributed by atoms with Crippen LogP contribution in [0.1, 0.15) is 17.3 Å². The molecule has 1 rings (SSSR count). The van der Waals surface area contributed by atoms with E-state index in [0.29, 0.717) is 6.61 Å². The molecule has 76 valence electrons. The molecule has 0 aliphatic heterocycles. The normalized spacial score (nSPS) is 9.79. The van der Waals surface area contributed by atoms with Gasteiger partial charge in [0.15, 0.2) is 0 Å². The molecule has 0 bridgehead atoms. The number of nitrogens with one attached hydrogen (secondary N) is 1. The number of hydrogen-bond acceptors (Lipinski definition) is 4. The van der Waals surface area contributed by atoms with Crippen molar-refractivity contribution in [3.63, 3.8) is 0 Å². The lowest BCUT2D eigenvalue weighted by Crippen LogP contribution is -2.23. The Kier molecular flexibility index (Phi) is 3.30. The first-order chi connectivity index (χ1) is 6.65. The number of phenolic OH excluding ortho intramolecular Hbond substituents is 2. The van der Waals surface area contributed by atoms with E-state index in [9.17, 15) is 9.90 Å². The molecule has 0 aromatic heterocycles. The first-order valence-electron chi connectivity index (χ1n) is 4.09. The number of hydrogen-bond donors (Lipinski definition) is 3. The number of carbonyl (C=O) groups excluding carboxylic acids is 1. The van der Waals surface area contributed by atoms with Gasteiger partial charge in [-0.05, 0) is 25.1 Å². The number of phenols is 2. The van der Waals surface area contributed by atoms with Gasteiger partial charge in [-0.25, -0.2) is 5.48 Å². The van der Waals surface area contributed by atoms with Gasteiger partial charge in [0.25, 0.3) is 5.91 Å². The fourth-order valence-electron chi connectivity index (χ4n) is 0.899. The maximum Gasteiger partial charge on any atom is 0.278 e. The molecule has 0 spiro atoms. The van der Waals surface area contributed by atoms with Crippen molar-refractivity contribution in [2.45, 2.75) is 6.92 Å². The topological polar surface area (TPSA) is 78.8 Å². The SMILES string of the molecule is CCONC(=O)c1cc(O)ccc1O. The van der Waals surface area contributed by atoms with E-state index in [0.717, 1.165) is 6.07 Å². The standard InChI is InChI=1S/C9H11NO4/c1-2-14-10-9(13)7-5-6(11)3-4-8(7)12/h3-5,11-12H,2H2,1H3,(H,10,13). The molecule has 0 atom stereocenters. The number of aromatic hydroxyl groups is 2. The van der Waals surface area contributed by atoms with Crippen LogP contribution >= 0.6 is 0 Å². The maximum atomic E-state index is 11.3. The van der Waals surface area contributed by atoms with E-state index in [-0.39, 0.29) is 17.1 Å². The predicted octanol–water partition coefficient (Wildman–Crippen LogP) is 0.779. The Morgan fingerprint density at radius 1 is 1.50 bits per heavy atom. The van der Waals surface area contributed by atoms with Crippen molar-refractivity contribution >= 4 is 5.91 Å². The van der Waals surface area contributed by atoms with Gasteiger partial charge in [0.2, 0.25) is 0 Å². The van der Waals surface area contributed by atoms with E-state index in [1.54, 1.807) is 6.92 Å². The molecule has 1 aromatic rings. The highest BCUT2D eigenvalue weighted by molar-refractivity contribution is 5.96.